The summed E-state index contributed by atoms with van der Waals surface area (Å²) in [5.41, 5.74) is 0.746. The van der Waals surface area contributed by atoms with E-state index in [1.54, 1.807) is 12.1 Å². The zero-order valence-electron chi connectivity index (χ0n) is 10.8. The van der Waals surface area contributed by atoms with Gasteiger partial charge >= 0.3 is 0 Å². The second-order valence-electron chi connectivity index (χ2n) is 4.71. The average molecular weight is 239 g/mol. The number of hydrogen-bond acceptors (Lipinski definition) is 2. The molecule has 3 unspecified atom stereocenters. The molecule has 2 nitrogen and oxygen atoms in total. The Balaban J connectivity index is 2.51. The summed E-state index contributed by atoms with van der Waals surface area (Å²) >= 11 is 0. The van der Waals surface area contributed by atoms with E-state index in [1.165, 1.54) is 12.1 Å². The molecule has 3 heteroatoms. The Morgan fingerprint density at radius 3 is 2.35 bits per heavy atom. The van der Waals surface area contributed by atoms with Crippen LogP contribution in [0, 0.1) is 11.7 Å². The van der Waals surface area contributed by atoms with Gasteiger partial charge in [-0.15, -0.1) is 0 Å². The summed E-state index contributed by atoms with van der Waals surface area (Å²) in [6.45, 7) is 7.14. The standard InChI is InChI=1S/C14H22FNO/c1-4-10(2)9-16-11(3)14(17)12-5-7-13(15)8-6-12/h5-8,10-11,14,16-17H,4,9H2,1-3H3. The third-order valence-electron chi connectivity index (χ3n) is 3.17. The molecule has 0 aliphatic carbocycles. The molecule has 17 heavy (non-hydrogen) atoms. The van der Waals surface area contributed by atoms with Crippen LogP contribution < -0.4 is 5.32 Å². The maximum Gasteiger partial charge on any atom is 0.123 e. The number of halogens is 1. The lowest BCUT2D eigenvalue weighted by Gasteiger charge is -2.22. The number of aliphatic hydroxyl groups excluding tert-OH is 1. The fourth-order valence-corrected chi connectivity index (χ4v) is 1.59. The third-order valence-corrected chi connectivity index (χ3v) is 3.17. The van der Waals surface area contributed by atoms with Gasteiger partial charge in [0.05, 0.1) is 6.10 Å². The Morgan fingerprint density at radius 1 is 1.24 bits per heavy atom. The van der Waals surface area contributed by atoms with Crippen molar-refractivity contribution in [1.82, 2.24) is 5.32 Å². The minimum Gasteiger partial charge on any atom is -0.387 e. The minimum atomic E-state index is -0.598. The van der Waals surface area contributed by atoms with E-state index in [-0.39, 0.29) is 11.9 Å². The van der Waals surface area contributed by atoms with Crippen molar-refractivity contribution in [3.63, 3.8) is 0 Å². The van der Waals surface area contributed by atoms with Gasteiger partial charge in [-0.25, -0.2) is 4.39 Å². The summed E-state index contributed by atoms with van der Waals surface area (Å²) in [5.74, 6) is 0.319. The Labute approximate surface area is 103 Å². The Bertz CT molecular complexity index is 325. The molecular weight excluding hydrogens is 217 g/mol. The molecule has 2 N–H and O–H groups in total. The summed E-state index contributed by atoms with van der Waals surface area (Å²) in [7, 11) is 0. The van der Waals surface area contributed by atoms with Crippen molar-refractivity contribution in [1.29, 1.82) is 0 Å². The van der Waals surface area contributed by atoms with E-state index < -0.39 is 6.10 Å². The molecule has 0 amide bonds. The fourth-order valence-electron chi connectivity index (χ4n) is 1.59. The van der Waals surface area contributed by atoms with E-state index in [4.69, 9.17) is 0 Å². The van der Waals surface area contributed by atoms with Gasteiger partial charge in [0.1, 0.15) is 5.82 Å². The Morgan fingerprint density at radius 2 is 1.82 bits per heavy atom. The molecule has 0 aliphatic rings. The van der Waals surface area contributed by atoms with Crippen molar-refractivity contribution in [3.8, 4) is 0 Å². The van der Waals surface area contributed by atoms with Crippen LogP contribution in [0.1, 0.15) is 38.9 Å². The van der Waals surface area contributed by atoms with Gasteiger partial charge in [0.15, 0.2) is 0 Å². The number of hydrogen-bond donors (Lipinski definition) is 2. The smallest absolute Gasteiger partial charge is 0.123 e. The molecule has 0 saturated carbocycles. The molecule has 3 atom stereocenters. The van der Waals surface area contributed by atoms with E-state index in [2.05, 4.69) is 19.2 Å². The molecule has 1 aromatic carbocycles. The SMILES string of the molecule is CCC(C)CNC(C)C(O)c1ccc(F)cc1. The minimum absolute atomic E-state index is 0.0329. The molecule has 96 valence electrons. The van der Waals surface area contributed by atoms with Gasteiger partial charge in [-0.05, 0) is 37.1 Å². The van der Waals surface area contributed by atoms with Crippen LogP contribution in [-0.2, 0) is 0 Å². The summed E-state index contributed by atoms with van der Waals surface area (Å²) in [6.07, 6.45) is 0.520. The molecular formula is C14H22FNO. The maximum absolute atomic E-state index is 12.8. The van der Waals surface area contributed by atoms with Crippen molar-refractivity contribution in [3.05, 3.63) is 35.6 Å². The van der Waals surface area contributed by atoms with Gasteiger partial charge in [0, 0.05) is 6.04 Å². The lowest BCUT2D eigenvalue weighted by molar-refractivity contribution is 0.133. The highest BCUT2D eigenvalue weighted by atomic mass is 19.1. The lowest BCUT2D eigenvalue weighted by Crippen LogP contribution is -2.35. The number of rotatable bonds is 6. The summed E-state index contributed by atoms with van der Waals surface area (Å²) in [6, 6.07) is 5.97. The van der Waals surface area contributed by atoms with E-state index in [1.807, 2.05) is 6.92 Å². The van der Waals surface area contributed by atoms with Gasteiger partial charge in [-0.1, -0.05) is 32.4 Å². The molecule has 0 aromatic heterocycles. The van der Waals surface area contributed by atoms with Crippen LogP contribution in [0.5, 0.6) is 0 Å². The molecule has 0 radical (unpaired) electrons. The Hall–Kier alpha value is -0.930. The molecule has 1 aromatic rings. The highest BCUT2D eigenvalue weighted by Gasteiger charge is 2.16. The third kappa shape index (κ3) is 4.44. The number of nitrogens with one attached hydrogen (secondary N) is 1. The lowest BCUT2D eigenvalue weighted by atomic mass is 10.0. The monoisotopic (exact) mass is 239 g/mol. The normalized spacial score (nSPS) is 16.5. The topological polar surface area (TPSA) is 32.3 Å². The van der Waals surface area contributed by atoms with Crippen LogP contribution >= 0.6 is 0 Å². The van der Waals surface area contributed by atoms with Crippen molar-refractivity contribution >= 4 is 0 Å². The first kappa shape index (κ1) is 14.1. The first-order chi connectivity index (χ1) is 8.04. The van der Waals surface area contributed by atoms with Crippen LogP contribution in [0.2, 0.25) is 0 Å². The molecule has 0 aliphatic heterocycles. The zero-order valence-corrected chi connectivity index (χ0v) is 10.8. The van der Waals surface area contributed by atoms with Crippen molar-refractivity contribution < 1.29 is 9.50 Å². The largest absolute Gasteiger partial charge is 0.387 e. The first-order valence-electron chi connectivity index (χ1n) is 6.21. The van der Waals surface area contributed by atoms with E-state index in [9.17, 15) is 9.50 Å². The van der Waals surface area contributed by atoms with Crippen molar-refractivity contribution in [2.24, 2.45) is 5.92 Å². The summed E-state index contributed by atoms with van der Waals surface area (Å²) in [5, 5.41) is 13.4. The first-order valence-corrected chi connectivity index (χ1v) is 6.21. The van der Waals surface area contributed by atoms with Gasteiger partial charge in [-0.3, -0.25) is 0 Å². The maximum atomic E-state index is 12.8. The fraction of sp³-hybridized carbons (Fsp3) is 0.571. The van der Waals surface area contributed by atoms with Gasteiger partial charge < -0.3 is 10.4 Å². The molecule has 0 spiro atoms. The molecule has 1 rings (SSSR count). The van der Waals surface area contributed by atoms with Crippen LogP contribution in [0.3, 0.4) is 0 Å². The predicted molar refractivity (Wildman–Crippen MR) is 68.3 cm³/mol. The van der Waals surface area contributed by atoms with E-state index in [0.717, 1.165) is 18.5 Å². The van der Waals surface area contributed by atoms with Gasteiger partial charge in [-0.2, -0.15) is 0 Å². The predicted octanol–water partition coefficient (Wildman–Crippen LogP) is 2.88. The molecule has 0 heterocycles. The average Bonchev–Trinajstić information content (AvgIpc) is 2.35. The highest BCUT2D eigenvalue weighted by molar-refractivity contribution is 5.19. The Kier molecular flexibility index (Phi) is 5.59. The number of aliphatic hydroxyl groups is 1. The molecule has 0 bridgehead atoms. The second kappa shape index (κ2) is 6.72. The van der Waals surface area contributed by atoms with Crippen molar-refractivity contribution in [2.45, 2.75) is 39.3 Å². The molecule has 0 saturated heterocycles. The van der Waals surface area contributed by atoms with Crippen molar-refractivity contribution in [2.75, 3.05) is 6.54 Å². The molecule has 0 fully saturated rings. The van der Waals surface area contributed by atoms with Gasteiger partial charge in [0.25, 0.3) is 0 Å². The summed E-state index contributed by atoms with van der Waals surface area (Å²) in [4.78, 5) is 0. The zero-order chi connectivity index (χ0) is 12.8. The van der Waals surface area contributed by atoms with Crippen LogP contribution in [0.4, 0.5) is 4.39 Å². The van der Waals surface area contributed by atoms with E-state index in [0.29, 0.717) is 5.92 Å². The number of benzene rings is 1. The van der Waals surface area contributed by atoms with Crippen LogP contribution in [-0.4, -0.2) is 17.7 Å². The highest BCUT2D eigenvalue weighted by Crippen LogP contribution is 2.17. The van der Waals surface area contributed by atoms with Gasteiger partial charge in [0.2, 0.25) is 0 Å². The van der Waals surface area contributed by atoms with E-state index >= 15 is 0 Å². The second-order valence-corrected chi connectivity index (χ2v) is 4.71. The summed E-state index contributed by atoms with van der Waals surface area (Å²) < 4.78 is 12.8. The quantitative estimate of drug-likeness (QED) is 0.800. The van der Waals surface area contributed by atoms with Crippen LogP contribution in [0.25, 0.3) is 0 Å². The van der Waals surface area contributed by atoms with Crippen LogP contribution in [0.15, 0.2) is 24.3 Å².